The van der Waals surface area contributed by atoms with Gasteiger partial charge in [0, 0.05) is 9.35 Å². The maximum absolute atomic E-state index is 10.9. The molecule has 2 rings (SSSR count). The Bertz CT molecular complexity index is 595. The second-order valence-corrected chi connectivity index (χ2v) is 6.27. The minimum Gasteiger partial charge on any atom is -0.476 e. The zero-order valence-electron chi connectivity index (χ0n) is 10.5. The fourth-order valence-corrected chi connectivity index (χ4v) is 2.83. The number of thiazole rings is 1. The summed E-state index contributed by atoms with van der Waals surface area (Å²) in [6, 6.07) is 8.05. The number of benzene rings is 1. The van der Waals surface area contributed by atoms with Crippen LogP contribution in [0.4, 0.5) is 5.13 Å². The van der Waals surface area contributed by atoms with Crippen LogP contribution in [0.3, 0.4) is 0 Å². The molecular formula is C13H13BrN2O2S. The molecule has 0 spiro atoms. The van der Waals surface area contributed by atoms with Gasteiger partial charge in [-0.3, -0.25) is 0 Å². The van der Waals surface area contributed by atoms with Crippen molar-refractivity contribution >= 4 is 38.4 Å². The summed E-state index contributed by atoms with van der Waals surface area (Å²) in [6.07, 6.45) is 0. The monoisotopic (exact) mass is 340 g/mol. The number of aromatic carboxylic acids is 1. The van der Waals surface area contributed by atoms with Crippen LogP contribution in [0, 0.1) is 6.92 Å². The fraction of sp³-hybridized carbons (Fsp3) is 0.231. The normalized spacial score (nSPS) is 12.2. The maximum Gasteiger partial charge on any atom is 0.355 e. The largest absolute Gasteiger partial charge is 0.476 e. The zero-order valence-corrected chi connectivity index (χ0v) is 12.9. The number of hydrogen-bond acceptors (Lipinski definition) is 4. The second kappa shape index (κ2) is 5.71. The highest BCUT2D eigenvalue weighted by molar-refractivity contribution is 9.10. The van der Waals surface area contributed by atoms with E-state index in [2.05, 4.69) is 26.2 Å². The SMILES string of the molecule is Cc1sc(NC(C)c2ccc(Br)cc2)nc1C(=O)O. The van der Waals surface area contributed by atoms with E-state index >= 15 is 0 Å². The second-order valence-electron chi connectivity index (χ2n) is 4.15. The molecule has 0 aliphatic carbocycles. The number of halogens is 1. The third-order valence-electron chi connectivity index (χ3n) is 2.71. The molecule has 1 unspecified atom stereocenters. The first-order valence-corrected chi connectivity index (χ1v) is 7.31. The number of carboxylic acid groups (broad SMARTS) is 1. The van der Waals surface area contributed by atoms with E-state index in [-0.39, 0.29) is 11.7 Å². The summed E-state index contributed by atoms with van der Waals surface area (Å²) in [4.78, 5) is 15.7. The first-order valence-electron chi connectivity index (χ1n) is 5.70. The van der Waals surface area contributed by atoms with Crippen LogP contribution in [0.1, 0.15) is 33.9 Å². The number of nitrogens with one attached hydrogen (secondary N) is 1. The van der Waals surface area contributed by atoms with E-state index in [1.807, 2.05) is 31.2 Å². The summed E-state index contributed by atoms with van der Waals surface area (Å²) in [5.41, 5.74) is 1.24. The van der Waals surface area contributed by atoms with Crippen molar-refractivity contribution in [3.8, 4) is 0 Å². The Hall–Kier alpha value is -1.40. The number of hydrogen-bond donors (Lipinski definition) is 2. The molecule has 0 amide bonds. The molecule has 19 heavy (non-hydrogen) atoms. The lowest BCUT2D eigenvalue weighted by Gasteiger charge is -2.13. The van der Waals surface area contributed by atoms with Crippen molar-refractivity contribution < 1.29 is 9.90 Å². The number of nitrogens with zero attached hydrogens (tertiary/aromatic N) is 1. The average molecular weight is 341 g/mol. The lowest BCUT2D eigenvalue weighted by molar-refractivity contribution is 0.0690. The number of aryl methyl sites for hydroxylation is 1. The van der Waals surface area contributed by atoms with Crippen LogP contribution in [0.5, 0.6) is 0 Å². The molecule has 0 bridgehead atoms. The number of rotatable bonds is 4. The van der Waals surface area contributed by atoms with Gasteiger partial charge >= 0.3 is 5.97 Å². The van der Waals surface area contributed by atoms with Crippen LogP contribution in [0.15, 0.2) is 28.7 Å². The number of carbonyl (C=O) groups is 1. The molecule has 6 heteroatoms. The Morgan fingerprint density at radius 1 is 1.42 bits per heavy atom. The van der Waals surface area contributed by atoms with Crippen LogP contribution in [-0.2, 0) is 0 Å². The molecular weight excluding hydrogens is 328 g/mol. The minimum absolute atomic E-state index is 0.0697. The summed E-state index contributed by atoms with van der Waals surface area (Å²) < 4.78 is 1.03. The van der Waals surface area contributed by atoms with Crippen molar-refractivity contribution in [1.82, 2.24) is 4.98 Å². The van der Waals surface area contributed by atoms with Gasteiger partial charge in [-0.1, -0.05) is 28.1 Å². The number of anilines is 1. The van der Waals surface area contributed by atoms with Crippen LogP contribution >= 0.6 is 27.3 Å². The molecule has 0 aliphatic rings. The van der Waals surface area contributed by atoms with Crippen molar-refractivity contribution in [1.29, 1.82) is 0 Å². The predicted octanol–water partition coefficient (Wildman–Crippen LogP) is 4.09. The molecule has 4 nitrogen and oxygen atoms in total. The van der Waals surface area contributed by atoms with E-state index in [4.69, 9.17) is 5.11 Å². The highest BCUT2D eigenvalue weighted by Gasteiger charge is 2.15. The molecule has 2 N–H and O–H groups in total. The third-order valence-corrected chi connectivity index (χ3v) is 4.14. The molecule has 100 valence electrons. The van der Waals surface area contributed by atoms with Gasteiger partial charge in [-0.25, -0.2) is 9.78 Å². The van der Waals surface area contributed by atoms with Gasteiger partial charge in [-0.05, 0) is 31.5 Å². The number of aromatic nitrogens is 1. The molecule has 0 radical (unpaired) electrons. The van der Waals surface area contributed by atoms with Gasteiger partial charge in [-0.15, -0.1) is 11.3 Å². The maximum atomic E-state index is 10.9. The van der Waals surface area contributed by atoms with Crippen molar-refractivity contribution in [2.45, 2.75) is 19.9 Å². The average Bonchev–Trinajstić information content (AvgIpc) is 2.71. The standard InChI is InChI=1S/C13H13BrN2O2S/c1-7(9-3-5-10(14)6-4-9)15-13-16-11(12(17)18)8(2)19-13/h3-7H,1-2H3,(H,15,16)(H,17,18). The Kier molecular flexibility index (Phi) is 4.21. The Morgan fingerprint density at radius 3 is 2.58 bits per heavy atom. The van der Waals surface area contributed by atoms with Gasteiger partial charge in [-0.2, -0.15) is 0 Å². The Labute approximate surface area is 123 Å². The highest BCUT2D eigenvalue weighted by atomic mass is 79.9. The molecule has 1 atom stereocenters. The summed E-state index contributed by atoms with van der Waals surface area (Å²) >= 11 is 4.75. The molecule has 2 aromatic rings. The molecule has 0 saturated heterocycles. The lowest BCUT2D eigenvalue weighted by atomic mass is 10.1. The van der Waals surface area contributed by atoms with E-state index in [0.29, 0.717) is 10.0 Å². The van der Waals surface area contributed by atoms with Gasteiger partial charge in [0.15, 0.2) is 10.8 Å². The van der Waals surface area contributed by atoms with E-state index in [1.54, 1.807) is 6.92 Å². The van der Waals surface area contributed by atoms with E-state index in [9.17, 15) is 4.79 Å². The molecule has 1 heterocycles. The zero-order chi connectivity index (χ0) is 14.0. The topological polar surface area (TPSA) is 62.2 Å². The minimum atomic E-state index is -0.988. The molecule has 0 saturated carbocycles. The predicted molar refractivity (Wildman–Crippen MR) is 80.0 cm³/mol. The van der Waals surface area contributed by atoms with Crippen molar-refractivity contribution in [2.24, 2.45) is 0 Å². The molecule has 1 aromatic heterocycles. The first kappa shape index (κ1) is 14.0. The lowest BCUT2D eigenvalue weighted by Crippen LogP contribution is -2.06. The van der Waals surface area contributed by atoms with Crippen molar-refractivity contribution in [3.05, 3.63) is 44.9 Å². The van der Waals surface area contributed by atoms with Crippen LogP contribution in [0.25, 0.3) is 0 Å². The first-order chi connectivity index (χ1) is 8.97. The van der Waals surface area contributed by atoms with Gasteiger partial charge in [0.1, 0.15) is 0 Å². The van der Waals surface area contributed by atoms with Gasteiger partial charge in [0.2, 0.25) is 0 Å². The summed E-state index contributed by atoms with van der Waals surface area (Å²) in [7, 11) is 0. The summed E-state index contributed by atoms with van der Waals surface area (Å²) in [5, 5.41) is 12.8. The number of carboxylic acids is 1. The van der Waals surface area contributed by atoms with Crippen molar-refractivity contribution in [3.63, 3.8) is 0 Å². The summed E-state index contributed by atoms with van der Waals surface area (Å²) in [5.74, 6) is -0.988. The van der Waals surface area contributed by atoms with Crippen LogP contribution in [0.2, 0.25) is 0 Å². The molecule has 1 aromatic carbocycles. The quantitative estimate of drug-likeness (QED) is 0.879. The third kappa shape index (κ3) is 3.33. The van der Waals surface area contributed by atoms with E-state index < -0.39 is 5.97 Å². The Balaban J connectivity index is 2.14. The molecule has 0 aliphatic heterocycles. The van der Waals surface area contributed by atoms with E-state index in [1.165, 1.54) is 11.3 Å². The molecule has 0 fully saturated rings. The van der Waals surface area contributed by atoms with Crippen LogP contribution in [-0.4, -0.2) is 16.1 Å². The van der Waals surface area contributed by atoms with Gasteiger partial charge < -0.3 is 10.4 Å². The Morgan fingerprint density at radius 2 is 2.05 bits per heavy atom. The van der Waals surface area contributed by atoms with E-state index in [0.717, 1.165) is 10.0 Å². The van der Waals surface area contributed by atoms with Crippen LogP contribution < -0.4 is 5.32 Å². The highest BCUT2D eigenvalue weighted by Crippen LogP contribution is 2.26. The fourth-order valence-electron chi connectivity index (χ4n) is 1.68. The van der Waals surface area contributed by atoms with Crippen molar-refractivity contribution in [2.75, 3.05) is 5.32 Å². The smallest absolute Gasteiger partial charge is 0.355 e. The summed E-state index contributed by atoms with van der Waals surface area (Å²) in [6.45, 7) is 3.77. The van der Waals surface area contributed by atoms with Gasteiger partial charge in [0.25, 0.3) is 0 Å². The van der Waals surface area contributed by atoms with Gasteiger partial charge in [0.05, 0.1) is 6.04 Å².